The molecule has 2 rings (SSSR count). The highest BCUT2D eigenvalue weighted by atomic mass is 16.5. The molecule has 1 saturated carbocycles. The van der Waals surface area contributed by atoms with Crippen LogP contribution in [-0.4, -0.2) is 22.6 Å². The van der Waals surface area contributed by atoms with Crippen LogP contribution in [0.15, 0.2) is 12.3 Å². The average molecular weight is 193 g/mol. The number of ether oxygens (including phenoxy) is 1. The summed E-state index contributed by atoms with van der Waals surface area (Å²) in [6, 6.07) is 2.35. The molecule has 0 aliphatic heterocycles. The van der Waals surface area contributed by atoms with Gasteiger partial charge in [0.1, 0.15) is 0 Å². The first-order chi connectivity index (χ1) is 6.72. The van der Waals surface area contributed by atoms with Crippen LogP contribution in [-0.2, 0) is 6.42 Å². The summed E-state index contributed by atoms with van der Waals surface area (Å²) in [6.07, 6.45) is 5.93. The molecule has 0 saturated heterocycles. The van der Waals surface area contributed by atoms with Crippen molar-refractivity contribution in [1.82, 2.24) is 9.97 Å². The summed E-state index contributed by atoms with van der Waals surface area (Å²) in [7, 11) is 1.57. The van der Waals surface area contributed by atoms with E-state index < -0.39 is 0 Å². The molecule has 0 amide bonds. The van der Waals surface area contributed by atoms with E-state index in [0.717, 1.165) is 31.4 Å². The molecular formula is C10H15N3O. The van der Waals surface area contributed by atoms with Crippen LogP contribution < -0.4 is 10.5 Å². The SMILES string of the molecule is COc1nccc(CCC2(N)CC2)n1. The topological polar surface area (TPSA) is 61.0 Å². The lowest BCUT2D eigenvalue weighted by atomic mass is 10.1. The van der Waals surface area contributed by atoms with Crippen molar-refractivity contribution in [1.29, 1.82) is 0 Å². The quantitative estimate of drug-likeness (QED) is 0.772. The Morgan fingerprint density at radius 3 is 3.00 bits per heavy atom. The zero-order valence-corrected chi connectivity index (χ0v) is 8.36. The Bertz CT molecular complexity index is 323. The lowest BCUT2D eigenvalue weighted by Crippen LogP contribution is -2.22. The molecule has 76 valence electrons. The Morgan fingerprint density at radius 2 is 2.36 bits per heavy atom. The van der Waals surface area contributed by atoms with Gasteiger partial charge in [-0.05, 0) is 31.7 Å². The predicted molar refractivity (Wildman–Crippen MR) is 53.1 cm³/mol. The van der Waals surface area contributed by atoms with E-state index in [1.807, 2.05) is 6.07 Å². The van der Waals surface area contributed by atoms with Crippen molar-refractivity contribution in [2.45, 2.75) is 31.2 Å². The number of hydrogen-bond acceptors (Lipinski definition) is 4. The van der Waals surface area contributed by atoms with Gasteiger partial charge in [0, 0.05) is 17.4 Å². The molecule has 1 aliphatic carbocycles. The van der Waals surface area contributed by atoms with Crippen molar-refractivity contribution in [3.05, 3.63) is 18.0 Å². The molecule has 1 aromatic rings. The van der Waals surface area contributed by atoms with E-state index in [4.69, 9.17) is 10.5 Å². The van der Waals surface area contributed by atoms with Crippen LogP contribution in [0, 0.1) is 0 Å². The van der Waals surface area contributed by atoms with Crippen molar-refractivity contribution in [3.8, 4) is 6.01 Å². The van der Waals surface area contributed by atoms with Gasteiger partial charge < -0.3 is 10.5 Å². The molecule has 0 atom stereocenters. The Kier molecular flexibility index (Phi) is 2.37. The molecule has 0 bridgehead atoms. The van der Waals surface area contributed by atoms with Gasteiger partial charge in [-0.15, -0.1) is 0 Å². The Morgan fingerprint density at radius 1 is 1.57 bits per heavy atom. The number of aromatic nitrogens is 2. The van der Waals surface area contributed by atoms with Crippen LogP contribution in [0.5, 0.6) is 6.01 Å². The molecule has 1 heterocycles. The lowest BCUT2D eigenvalue weighted by Gasteiger charge is -2.07. The van der Waals surface area contributed by atoms with Crippen LogP contribution in [0.2, 0.25) is 0 Å². The summed E-state index contributed by atoms with van der Waals surface area (Å²) < 4.78 is 4.95. The first-order valence-corrected chi connectivity index (χ1v) is 4.87. The van der Waals surface area contributed by atoms with Gasteiger partial charge in [0.15, 0.2) is 0 Å². The molecule has 0 spiro atoms. The highest BCUT2D eigenvalue weighted by molar-refractivity contribution is 5.08. The van der Waals surface area contributed by atoms with Crippen LogP contribution >= 0.6 is 0 Å². The molecule has 0 radical (unpaired) electrons. The summed E-state index contributed by atoms with van der Waals surface area (Å²) in [5.74, 6) is 0. The highest BCUT2D eigenvalue weighted by Crippen LogP contribution is 2.36. The fraction of sp³-hybridized carbons (Fsp3) is 0.600. The number of methoxy groups -OCH3 is 1. The maximum Gasteiger partial charge on any atom is 0.316 e. The summed E-state index contributed by atoms with van der Waals surface area (Å²) >= 11 is 0. The highest BCUT2D eigenvalue weighted by Gasteiger charge is 2.37. The third-order valence-corrected chi connectivity index (χ3v) is 2.64. The van der Waals surface area contributed by atoms with Crippen molar-refractivity contribution in [3.63, 3.8) is 0 Å². The first kappa shape index (κ1) is 9.40. The molecule has 1 aromatic heterocycles. The van der Waals surface area contributed by atoms with E-state index in [-0.39, 0.29) is 5.54 Å². The normalized spacial score (nSPS) is 17.9. The minimum absolute atomic E-state index is 0.0954. The Labute approximate surface area is 83.5 Å². The minimum atomic E-state index is 0.0954. The standard InChI is InChI=1S/C10H15N3O/c1-14-9-12-7-3-8(13-9)2-4-10(11)5-6-10/h3,7H,2,4-6,11H2,1H3. The number of nitrogens with zero attached hydrogens (tertiary/aromatic N) is 2. The number of rotatable bonds is 4. The summed E-state index contributed by atoms with van der Waals surface area (Å²) in [4.78, 5) is 8.19. The second kappa shape index (κ2) is 3.53. The van der Waals surface area contributed by atoms with E-state index in [1.54, 1.807) is 13.3 Å². The van der Waals surface area contributed by atoms with Gasteiger partial charge in [-0.1, -0.05) is 0 Å². The van der Waals surface area contributed by atoms with Crippen LogP contribution in [0.1, 0.15) is 25.0 Å². The van der Waals surface area contributed by atoms with Crippen LogP contribution in [0.25, 0.3) is 0 Å². The second-order valence-corrected chi connectivity index (χ2v) is 3.90. The maximum absolute atomic E-state index is 5.99. The largest absolute Gasteiger partial charge is 0.467 e. The molecular weight excluding hydrogens is 178 g/mol. The maximum atomic E-state index is 5.99. The second-order valence-electron chi connectivity index (χ2n) is 3.90. The first-order valence-electron chi connectivity index (χ1n) is 4.87. The third-order valence-electron chi connectivity index (χ3n) is 2.64. The predicted octanol–water partition coefficient (Wildman–Crippen LogP) is 0.909. The molecule has 1 aliphatic rings. The zero-order valence-electron chi connectivity index (χ0n) is 8.36. The fourth-order valence-corrected chi connectivity index (χ4v) is 1.40. The molecule has 1 fully saturated rings. The van der Waals surface area contributed by atoms with Gasteiger partial charge in [0.25, 0.3) is 0 Å². The fourth-order valence-electron chi connectivity index (χ4n) is 1.40. The molecule has 4 nitrogen and oxygen atoms in total. The lowest BCUT2D eigenvalue weighted by molar-refractivity contribution is 0.377. The van der Waals surface area contributed by atoms with Crippen LogP contribution in [0.3, 0.4) is 0 Å². The Balaban J connectivity index is 1.94. The van der Waals surface area contributed by atoms with E-state index in [1.165, 1.54) is 0 Å². The van der Waals surface area contributed by atoms with Gasteiger partial charge in [-0.2, -0.15) is 0 Å². The zero-order chi connectivity index (χ0) is 10.0. The van der Waals surface area contributed by atoms with Gasteiger partial charge in [-0.3, -0.25) is 0 Å². The summed E-state index contributed by atoms with van der Waals surface area (Å²) in [5.41, 5.74) is 7.09. The number of nitrogens with two attached hydrogens (primary N) is 1. The molecule has 0 unspecified atom stereocenters. The average Bonchev–Trinajstić information content (AvgIpc) is 2.95. The number of aryl methyl sites for hydroxylation is 1. The van der Waals surface area contributed by atoms with E-state index in [9.17, 15) is 0 Å². The molecule has 0 aromatic carbocycles. The van der Waals surface area contributed by atoms with Crippen molar-refractivity contribution < 1.29 is 4.74 Å². The molecule has 14 heavy (non-hydrogen) atoms. The monoisotopic (exact) mass is 193 g/mol. The van der Waals surface area contributed by atoms with E-state index in [2.05, 4.69) is 9.97 Å². The van der Waals surface area contributed by atoms with Gasteiger partial charge in [-0.25, -0.2) is 9.97 Å². The smallest absolute Gasteiger partial charge is 0.316 e. The number of hydrogen-bond donors (Lipinski definition) is 1. The van der Waals surface area contributed by atoms with Crippen molar-refractivity contribution in [2.24, 2.45) is 5.73 Å². The molecule has 4 heteroatoms. The van der Waals surface area contributed by atoms with Gasteiger partial charge in [0.2, 0.25) is 0 Å². The van der Waals surface area contributed by atoms with Crippen molar-refractivity contribution >= 4 is 0 Å². The summed E-state index contributed by atoms with van der Waals surface area (Å²) in [6.45, 7) is 0. The van der Waals surface area contributed by atoms with E-state index in [0.29, 0.717) is 6.01 Å². The third kappa shape index (κ3) is 2.20. The minimum Gasteiger partial charge on any atom is -0.467 e. The Hall–Kier alpha value is -1.16. The van der Waals surface area contributed by atoms with Crippen molar-refractivity contribution in [2.75, 3.05) is 7.11 Å². The van der Waals surface area contributed by atoms with Crippen LogP contribution in [0.4, 0.5) is 0 Å². The van der Waals surface area contributed by atoms with Gasteiger partial charge in [0.05, 0.1) is 7.11 Å². The molecule has 2 N–H and O–H groups in total. The summed E-state index contributed by atoms with van der Waals surface area (Å²) in [5, 5.41) is 0. The van der Waals surface area contributed by atoms with E-state index >= 15 is 0 Å². The van der Waals surface area contributed by atoms with Gasteiger partial charge >= 0.3 is 6.01 Å².